The number of hydrogen-bond acceptors (Lipinski definition) is 19. The van der Waals surface area contributed by atoms with Gasteiger partial charge in [-0.15, -0.1) is 0 Å². The van der Waals surface area contributed by atoms with E-state index in [4.69, 9.17) is 19.9 Å². The number of pyridine rings is 4. The van der Waals surface area contributed by atoms with Crippen LogP contribution in [-0.2, 0) is 7.05 Å². The molecule has 1 aromatic carbocycles. The van der Waals surface area contributed by atoms with Crippen molar-refractivity contribution in [3.63, 3.8) is 0 Å². The van der Waals surface area contributed by atoms with E-state index < -0.39 is 0 Å². The Kier molecular flexibility index (Phi) is 15.1. The van der Waals surface area contributed by atoms with Crippen molar-refractivity contribution in [2.75, 3.05) is 62.0 Å². The van der Waals surface area contributed by atoms with Gasteiger partial charge in [0, 0.05) is 111 Å². The van der Waals surface area contributed by atoms with Crippen LogP contribution in [-0.4, -0.2) is 141 Å². The SMILES string of the molecule is CN(c1nc2cnc(-c3cc(F)c4nn(C)cc4c3)cc2s1)C1CCNCC1.Cc1cn2cc(-c3cc4sc(N(C)C5CCNCC5)nc4cn3)cc(F)c2n1.Cc1cn2cc(-c3ncc4nc(N(C)C5CC6CCC(C5)N6)sc4n3)cc(F)c2n1. The molecule has 0 amide bonds. The summed E-state index contributed by atoms with van der Waals surface area (Å²) in [6.45, 7) is 7.90. The van der Waals surface area contributed by atoms with Crippen LogP contribution in [0.1, 0.15) is 62.8 Å². The maximum Gasteiger partial charge on any atom is 0.187 e. The molecule has 4 saturated heterocycles. The second-order valence-corrected chi connectivity index (χ2v) is 26.1. The molecule has 12 aromatic rings. The van der Waals surface area contributed by atoms with Crippen LogP contribution in [0.15, 0.2) is 86.0 Å². The van der Waals surface area contributed by atoms with E-state index in [0.717, 1.165) is 150 Å². The molecule has 86 heavy (non-hydrogen) atoms. The molecule has 4 fully saturated rings. The highest BCUT2D eigenvalue weighted by atomic mass is 32.1. The number of anilines is 3. The molecule has 2 bridgehead atoms. The van der Waals surface area contributed by atoms with Crippen LogP contribution >= 0.6 is 34.0 Å². The third kappa shape index (κ3) is 11.2. The summed E-state index contributed by atoms with van der Waals surface area (Å²) in [5.74, 6) is -0.559. The Balaban J connectivity index is 0.000000114. The number of imidazole rings is 2. The molecule has 0 spiro atoms. The minimum atomic E-state index is -0.380. The first-order valence-corrected chi connectivity index (χ1v) is 31.6. The van der Waals surface area contributed by atoms with Gasteiger partial charge in [-0.1, -0.05) is 34.0 Å². The number of hydrogen-bond donors (Lipinski definition) is 3. The van der Waals surface area contributed by atoms with E-state index in [2.05, 4.69) is 81.8 Å². The molecule has 11 aromatic heterocycles. The fraction of sp³-hybridized carbons (Fsp3) is 0.377. The molecule has 0 aliphatic carbocycles. The number of thiazole rings is 3. The molecule has 16 rings (SSSR count). The van der Waals surface area contributed by atoms with Gasteiger partial charge in [-0.2, -0.15) is 5.10 Å². The third-order valence-electron chi connectivity index (χ3n) is 17.1. The second-order valence-electron chi connectivity index (χ2n) is 23.1. The van der Waals surface area contributed by atoms with Gasteiger partial charge in [0.1, 0.15) is 26.9 Å². The fourth-order valence-corrected chi connectivity index (χ4v) is 15.4. The van der Waals surface area contributed by atoms with Crippen LogP contribution in [0.4, 0.5) is 28.6 Å². The standard InChI is InChI=1S/C21H22FN7S.2C20H21FN6S/c1-11-9-29-10-12(5-16(22)19(29)24-11)18-23-8-17-20(27-18)30-21(26-17)28(2)15-6-13-3-4-14(7-15)25-13;1-26-11-13-7-12(8-15(21)19(13)25-26)16-9-18-17(10-23-16)24-20(28-18)27(2)14-3-5-22-6-4-14;1-12-10-27-11-13(7-15(21)19(27)24-12)16-8-18-17(9-23-16)25-20(28-18)26(2)14-3-5-22-6-4-14/h5,8-10,13-15,25H,3-4,6-7H2,1-2H3;2*7-11,14,22H,3-6H2,1-2H3. The van der Waals surface area contributed by atoms with Crippen molar-refractivity contribution >= 4 is 102 Å². The molecule has 0 saturated carbocycles. The van der Waals surface area contributed by atoms with Gasteiger partial charge in [-0.3, -0.25) is 14.6 Å². The van der Waals surface area contributed by atoms with Gasteiger partial charge in [0.25, 0.3) is 0 Å². The molecule has 3 N–H and O–H groups in total. The number of nitrogens with one attached hydrogen (secondary N) is 3. The summed E-state index contributed by atoms with van der Waals surface area (Å²) in [4.78, 5) is 48.6. The Bertz CT molecular complexity index is 4280. The van der Waals surface area contributed by atoms with Crippen molar-refractivity contribution in [2.24, 2.45) is 7.05 Å². The van der Waals surface area contributed by atoms with Gasteiger partial charge in [0.2, 0.25) is 0 Å². The number of aryl methyl sites for hydroxylation is 3. The lowest BCUT2D eigenvalue weighted by molar-refractivity contribution is 0.354. The number of nitrogens with zero attached hydrogens (tertiary/aromatic N) is 16. The van der Waals surface area contributed by atoms with Crippen LogP contribution < -0.4 is 30.7 Å². The Morgan fingerprint density at radius 3 is 1.60 bits per heavy atom. The normalized spacial score (nSPS) is 18.3. The van der Waals surface area contributed by atoms with E-state index in [1.807, 2.05) is 56.8 Å². The predicted molar refractivity (Wildman–Crippen MR) is 337 cm³/mol. The van der Waals surface area contributed by atoms with Crippen LogP contribution in [0.3, 0.4) is 0 Å². The first-order valence-electron chi connectivity index (χ1n) is 29.2. The Hall–Kier alpha value is -7.81. The molecular formula is C61H64F3N19S3. The van der Waals surface area contributed by atoms with E-state index in [0.29, 0.717) is 58.4 Å². The van der Waals surface area contributed by atoms with Crippen molar-refractivity contribution in [2.45, 2.75) is 95.4 Å². The minimum absolute atomic E-state index is 0.315. The van der Waals surface area contributed by atoms with Crippen molar-refractivity contribution in [1.82, 2.24) is 79.4 Å². The van der Waals surface area contributed by atoms with Gasteiger partial charge < -0.3 is 39.5 Å². The van der Waals surface area contributed by atoms with Crippen molar-refractivity contribution in [3.05, 3.63) is 115 Å². The predicted octanol–water partition coefficient (Wildman–Crippen LogP) is 10.8. The van der Waals surface area contributed by atoms with Crippen LogP contribution in [0, 0.1) is 31.3 Å². The van der Waals surface area contributed by atoms with Crippen LogP contribution in [0.2, 0.25) is 0 Å². The smallest absolute Gasteiger partial charge is 0.187 e. The van der Waals surface area contributed by atoms with Crippen LogP contribution in [0.25, 0.3) is 86.9 Å². The topological polar surface area (TPSA) is 188 Å². The number of halogens is 3. The lowest BCUT2D eigenvalue weighted by Gasteiger charge is -2.35. The number of rotatable bonds is 9. The van der Waals surface area contributed by atoms with E-state index in [1.54, 1.807) is 79.3 Å². The Morgan fingerprint density at radius 1 is 0.512 bits per heavy atom. The number of piperidine rings is 3. The molecular weight excluding hydrogens is 1150 g/mol. The molecule has 2 atom stereocenters. The summed E-state index contributed by atoms with van der Waals surface area (Å²) in [5, 5.41) is 18.4. The summed E-state index contributed by atoms with van der Waals surface area (Å²) in [6, 6.07) is 13.2. The summed E-state index contributed by atoms with van der Waals surface area (Å²) >= 11 is 4.90. The first kappa shape index (κ1) is 56.0. The zero-order valence-electron chi connectivity index (χ0n) is 48.5. The van der Waals surface area contributed by atoms with E-state index in [9.17, 15) is 13.2 Å². The quantitative estimate of drug-likeness (QED) is 0.124. The van der Waals surface area contributed by atoms with Crippen molar-refractivity contribution < 1.29 is 13.2 Å². The zero-order chi connectivity index (χ0) is 58.9. The number of benzene rings is 1. The van der Waals surface area contributed by atoms with Gasteiger partial charge in [0.05, 0.1) is 50.8 Å². The number of fused-ring (bicyclic) bond motifs is 8. The Labute approximate surface area is 505 Å². The monoisotopic (exact) mass is 1220 g/mol. The van der Waals surface area contributed by atoms with E-state index >= 15 is 0 Å². The minimum Gasteiger partial charge on any atom is -0.348 e. The first-order chi connectivity index (χ1) is 41.7. The molecule has 2 unspecified atom stereocenters. The zero-order valence-corrected chi connectivity index (χ0v) is 50.9. The molecule has 4 aliphatic rings. The molecule has 19 nitrogen and oxygen atoms in total. The van der Waals surface area contributed by atoms with Crippen LogP contribution in [0.5, 0.6) is 0 Å². The third-order valence-corrected chi connectivity index (χ3v) is 20.3. The highest BCUT2D eigenvalue weighted by Gasteiger charge is 2.36. The fourth-order valence-electron chi connectivity index (χ4n) is 12.5. The molecule has 4 aliphatic heterocycles. The van der Waals surface area contributed by atoms with Crippen molar-refractivity contribution in [1.29, 1.82) is 0 Å². The lowest BCUT2D eigenvalue weighted by atomic mass is 9.99. The van der Waals surface area contributed by atoms with E-state index in [1.165, 1.54) is 31.0 Å². The maximum absolute atomic E-state index is 14.5. The lowest BCUT2D eigenvalue weighted by Crippen LogP contribution is -2.47. The summed E-state index contributed by atoms with van der Waals surface area (Å²) in [7, 11) is 8.16. The number of aromatic nitrogens is 13. The summed E-state index contributed by atoms with van der Waals surface area (Å²) < 4.78 is 50.5. The second kappa shape index (κ2) is 23.1. The van der Waals surface area contributed by atoms with Gasteiger partial charge in [-0.25, -0.2) is 48.1 Å². The van der Waals surface area contributed by atoms with Crippen molar-refractivity contribution in [3.8, 4) is 33.9 Å². The van der Waals surface area contributed by atoms with Gasteiger partial charge in [0.15, 0.2) is 50.0 Å². The molecule has 0 radical (unpaired) electrons. The molecule has 15 heterocycles. The van der Waals surface area contributed by atoms with Gasteiger partial charge in [-0.05, 0) is 128 Å². The molecule has 442 valence electrons. The average molecular weight is 1220 g/mol. The van der Waals surface area contributed by atoms with Gasteiger partial charge >= 0.3 is 0 Å². The Morgan fingerprint density at radius 2 is 1.01 bits per heavy atom. The largest absolute Gasteiger partial charge is 0.348 e. The van der Waals surface area contributed by atoms with E-state index in [-0.39, 0.29) is 17.5 Å². The highest BCUT2D eigenvalue weighted by molar-refractivity contribution is 7.22. The highest BCUT2D eigenvalue weighted by Crippen LogP contribution is 2.38. The average Bonchev–Trinajstić information content (AvgIpc) is 2.44. The maximum atomic E-state index is 14.5. The summed E-state index contributed by atoms with van der Waals surface area (Å²) in [5.41, 5.74) is 8.72. The molecule has 25 heteroatoms. The summed E-state index contributed by atoms with van der Waals surface area (Å²) in [6.07, 6.45) is 23.8.